The molecule has 2 rings (SSSR count). The fraction of sp³-hybridized carbons (Fsp3) is 0.294. The summed E-state index contributed by atoms with van der Waals surface area (Å²) in [6, 6.07) is 11.7. The molecule has 4 nitrogen and oxygen atoms in total. The van der Waals surface area contributed by atoms with Crippen LogP contribution in [0.15, 0.2) is 42.6 Å². The molecular formula is C17H20N2O2. The quantitative estimate of drug-likeness (QED) is 0.938. The number of amides is 1. The normalized spacial score (nSPS) is 11.0. The molecule has 0 radical (unpaired) electrons. The van der Waals surface area contributed by atoms with Crippen LogP contribution in [0.2, 0.25) is 0 Å². The second-order valence-corrected chi connectivity index (χ2v) is 5.47. The van der Waals surface area contributed by atoms with E-state index in [4.69, 9.17) is 4.74 Å². The third-order valence-corrected chi connectivity index (χ3v) is 3.36. The molecule has 0 saturated heterocycles. The summed E-state index contributed by atoms with van der Waals surface area (Å²) in [5.74, 6) is 0.765. The van der Waals surface area contributed by atoms with E-state index in [0.717, 1.165) is 22.6 Å². The Morgan fingerprint density at radius 2 is 1.81 bits per heavy atom. The van der Waals surface area contributed by atoms with E-state index in [1.165, 1.54) is 6.92 Å². The highest BCUT2D eigenvalue weighted by molar-refractivity contribution is 5.74. The number of nitrogens with zero attached hydrogens (tertiary/aromatic N) is 1. The van der Waals surface area contributed by atoms with Gasteiger partial charge in [0, 0.05) is 18.7 Å². The molecule has 1 N–H and O–H groups in total. The van der Waals surface area contributed by atoms with Crippen molar-refractivity contribution >= 4 is 5.91 Å². The molecule has 0 saturated carbocycles. The molecule has 4 heteroatoms. The highest BCUT2D eigenvalue weighted by Crippen LogP contribution is 2.24. The Bertz CT molecular complexity index is 616. The molecule has 2 aromatic rings. The van der Waals surface area contributed by atoms with Crippen LogP contribution in [0.5, 0.6) is 5.75 Å². The van der Waals surface area contributed by atoms with Crippen molar-refractivity contribution in [3.05, 3.63) is 48.2 Å². The van der Waals surface area contributed by atoms with Gasteiger partial charge in [-0.15, -0.1) is 0 Å². The minimum atomic E-state index is -0.433. The first-order valence-electron chi connectivity index (χ1n) is 6.82. The van der Waals surface area contributed by atoms with E-state index in [-0.39, 0.29) is 5.91 Å². The minimum Gasteiger partial charge on any atom is -0.497 e. The second-order valence-electron chi connectivity index (χ2n) is 5.47. The molecule has 110 valence electrons. The van der Waals surface area contributed by atoms with Crippen LogP contribution in [0.1, 0.15) is 26.3 Å². The summed E-state index contributed by atoms with van der Waals surface area (Å²) >= 11 is 0. The van der Waals surface area contributed by atoms with Gasteiger partial charge in [0.25, 0.3) is 0 Å². The summed E-state index contributed by atoms with van der Waals surface area (Å²) in [5.41, 5.74) is 2.45. The molecule has 1 aromatic heterocycles. The van der Waals surface area contributed by atoms with E-state index in [1.807, 2.05) is 50.2 Å². The molecule has 0 fully saturated rings. The molecule has 1 amide bonds. The molecular weight excluding hydrogens is 264 g/mol. The predicted octanol–water partition coefficient (Wildman–Crippen LogP) is 3.13. The van der Waals surface area contributed by atoms with Crippen LogP contribution in [0.25, 0.3) is 11.3 Å². The Balaban J connectivity index is 2.23. The number of benzene rings is 1. The lowest BCUT2D eigenvalue weighted by Gasteiger charge is -2.26. The minimum absolute atomic E-state index is 0.0563. The zero-order valence-corrected chi connectivity index (χ0v) is 12.8. The average Bonchev–Trinajstić information content (AvgIpc) is 2.46. The summed E-state index contributed by atoms with van der Waals surface area (Å²) in [4.78, 5) is 15.7. The lowest BCUT2D eigenvalue weighted by atomic mass is 9.95. The number of ether oxygens (including phenoxy) is 1. The number of hydrogen-bond acceptors (Lipinski definition) is 3. The van der Waals surface area contributed by atoms with Crippen molar-refractivity contribution in [2.75, 3.05) is 7.11 Å². The Kier molecular flexibility index (Phi) is 4.26. The molecule has 21 heavy (non-hydrogen) atoms. The number of carbonyl (C=O) groups is 1. The van der Waals surface area contributed by atoms with Gasteiger partial charge in [-0.2, -0.15) is 0 Å². The van der Waals surface area contributed by atoms with Gasteiger partial charge in [0.15, 0.2) is 0 Å². The van der Waals surface area contributed by atoms with E-state index < -0.39 is 5.54 Å². The number of methoxy groups -OCH3 is 1. The van der Waals surface area contributed by atoms with Crippen LogP contribution >= 0.6 is 0 Å². The third kappa shape index (κ3) is 3.60. The van der Waals surface area contributed by atoms with Crippen molar-refractivity contribution in [3.8, 4) is 17.0 Å². The van der Waals surface area contributed by atoms with Crippen molar-refractivity contribution in [2.24, 2.45) is 0 Å². The van der Waals surface area contributed by atoms with E-state index in [0.29, 0.717) is 0 Å². The maximum absolute atomic E-state index is 11.2. The highest BCUT2D eigenvalue weighted by atomic mass is 16.5. The van der Waals surface area contributed by atoms with Crippen molar-refractivity contribution in [3.63, 3.8) is 0 Å². The number of pyridine rings is 1. The zero-order chi connectivity index (χ0) is 15.5. The number of nitrogens with one attached hydrogen (secondary N) is 1. The van der Waals surface area contributed by atoms with Gasteiger partial charge in [-0.3, -0.25) is 9.78 Å². The van der Waals surface area contributed by atoms with Gasteiger partial charge in [0.05, 0.1) is 18.3 Å². The van der Waals surface area contributed by atoms with Gasteiger partial charge in [-0.25, -0.2) is 0 Å². The fourth-order valence-electron chi connectivity index (χ4n) is 2.21. The Labute approximate surface area is 125 Å². The lowest BCUT2D eigenvalue weighted by Crippen LogP contribution is -2.39. The number of carbonyl (C=O) groups excluding carboxylic acids is 1. The molecule has 0 bridgehead atoms. The van der Waals surface area contributed by atoms with Crippen LogP contribution in [0, 0.1) is 0 Å². The standard InChI is InChI=1S/C17H20N2O2/c1-12(20)19-17(2,3)14-7-10-16(18-11-14)13-5-8-15(21-4)9-6-13/h5-11H,1-4H3,(H,19,20). The zero-order valence-electron chi connectivity index (χ0n) is 12.8. The Hall–Kier alpha value is -2.36. The molecule has 0 unspecified atom stereocenters. The number of rotatable bonds is 4. The predicted molar refractivity (Wildman–Crippen MR) is 83.1 cm³/mol. The van der Waals surface area contributed by atoms with Gasteiger partial charge in [0.1, 0.15) is 5.75 Å². The monoisotopic (exact) mass is 284 g/mol. The maximum atomic E-state index is 11.2. The first-order chi connectivity index (χ1) is 9.92. The first-order valence-corrected chi connectivity index (χ1v) is 6.82. The van der Waals surface area contributed by atoms with Crippen molar-refractivity contribution in [2.45, 2.75) is 26.3 Å². The average molecular weight is 284 g/mol. The molecule has 0 aliphatic heterocycles. The van der Waals surface area contributed by atoms with E-state index >= 15 is 0 Å². The fourth-order valence-corrected chi connectivity index (χ4v) is 2.21. The Morgan fingerprint density at radius 3 is 2.29 bits per heavy atom. The molecule has 0 atom stereocenters. The SMILES string of the molecule is COc1ccc(-c2ccc(C(C)(C)NC(C)=O)cn2)cc1. The summed E-state index contributed by atoms with van der Waals surface area (Å²) in [6.07, 6.45) is 1.80. The number of aromatic nitrogens is 1. The summed E-state index contributed by atoms with van der Waals surface area (Å²) in [5, 5.41) is 2.91. The van der Waals surface area contributed by atoms with Gasteiger partial charge < -0.3 is 10.1 Å². The summed E-state index contributed by atoms with van der Waals surface area (Å²) in [7, 11) is 1.64. The van der Waals surface area contributed by atoms with E-state index in [2.05, 4.69) is 10.3 Å². The highest BCUT2D eigenvalue weighted by Gasteiger charge is 2.21. The van der Waals surface area contributed by atoms with Crippen LogP contribution in [0.3, 0.4) is 0 Å². The topological polar surface area (TPSA) is 51.2 Å². The third-order valence-electron chi connectivity index (χ3n) is 3.36. The maximum Gasteiger partial charge on any atom is 0.217 e. The van der Waals surface area contributed by atoms with Gasteiger partial charge in [-0.05, 0) is 49.7 Å². The van der Waals surface area contributed by atoms with E-state index in [1.54, 1.807) is 13.3 Å². The van der Waals surface area contributed by atoms with E-state index in [9.17, 15) is 4.79 Å². The number of hydrogen-bond donors (Lipinski definition) is 1. The lowest BCUT2D eigenvalue weighted by molar-refractivity contribution is -0.120. The smallest absolute Gasteiger partial charge is 0.217 e. The Morgan fingerprint density at radius 1 is 1.14 bits per heavy atom. The van der Waals surface area contributed by atoms with Crippen LogP contribution in [-0.2, 0) is 10.3 Å². The van der Waals surface area contributed by atoms with Gasteiger partial charge in [0.2, 0.25) is 5.91 Å². The molecule has 1 heterocycles. The molecule has 0 aliphatic rings. The second kappa shape index (κ2) is 5.95. The van der Waals surface area contributed by atoms with Gasteiger partial charge in [-0.1, -0.05) is 6.07 Å². The van der Waals surface area contributed by atoms with Crippen molar-refractivity contribution < 1.29 is 9.53 Å². The molecule has 0 aliphatic carbocycles. The van der Waals surface area contributed by atoms with Crippen LogP contribution in [0.4, 0.5) is 0 Å². The van der Waals surface area contributed by atoms with Gasteiger partial charge >= 0.3 is 0 Å². The van der Waals surface area contributed by atoms with Crippen molar-refractivity contribution in [1.29, 1.82) is 0 Å². The largest absolute Gasteiger partial charge is 0.497 e. The van der Waals surface area contributed by atoms with Crippen LogP contribution < -0.4 is 10.1 Å². The molecule has 0 spiro atoms. The summed E-state index contributed by atoms with van der Waals surface area (Å²) in [6.45, 7) is 5.43. The first kappa shape index (κ1) is 15.0. The van der Waals surface area contributed by atoms with Crippen molar-refractivity contribution in [1.82, 2.24) is 10.3 Å². The van der Waals surface area contributed by atoms with Crippen LogP contribution in [-0.4, -0.2) is 18.0 Å². The summed E-state index contributed by atoms with van der Waals surface area (Å²) < 4.78 is 5.15. The molecule has 1 aromatic carbocycles.